The van der Waals surface area contributed by atoms with Gasteiger partial charge in [0.25, 0.3) is 0 Å². The Morgan fingerprint density at radius 2 is 2.21 bits per heavy atom. The lowest BCUT2D eigenvalue weighted by Gasteiger charge is -2.48. The average Bonchev–Trinajstić information content (AvgIpc) is 3.01. The Morgan fingerprint density at radius 3 is 2.96 bits per heavy atom. The fourth-order valence-corrected chi connectivity index (χ4v) is 5.13. The highest BCUT2D eigenvalue weighted by atomic mass is 32.2. The predicted octanol–water partition coefficient (Wildman–Crippen LogP) is 1.04. The molecule has 6 heteroatoms. The lowest BCUT2D eigenvalue weighted by atomic mass is 9.65. The van der Waals surface area contributed by atoms with Crippen LogP contribution in [-0.4, -0.2) is 46.2 Å². The van der Waals surface area contributed by atoms with Crippen molar-refractivity contribution in [3.63, 3.8) is 0 Å². The van der Waals surface area contributed by atoms with Crippen LogP contribution >= 0.6 is 11.8 Å². The van der Waals surface area contributed by atoms with Crippen molar-refractivity contribution in [1.82, 2.24) is 5.32 Å². The van der Waals surface area contributed by atoms with E-state index >= 15 is 0 Å². The molecular weight excluding hydrogens is 326 g/mol. The quantitative estimate of drug-likeness (QED) is 0.550. The zero-order chi connectivity index (χ0) is 17.4. The fourth-order valence-electron chi connectivity index (χ4n) is 3.53. The van der Waals surface area contributed by atoms with E-state index in [2.05, 4.69) is 33.7 Å². The number of rotatable bonds is 1. The molecule has 2 N–H and O–H groups in total. The van der Waals surface area contributed by atoms with Gasteiger partial charge in [0.15, 0.2) is 11.4 Å². The number of carbonyl (C=O) groups is 2. The van der Waals surface area contributed by atoms with Crippen LogP contribution in [0.3, 0.4) is 0 Å². The van der Waals surface area contributed by atoms with Gasteiger partial charge in [0.2, 0.25) is 0 Å². The monoisotopic (exact) mass is 343 g/mol. The largest absolute Gasteiger partial charge is 0.453 e. The van der Waals surface area contributed by atoms with E-state index in [1.807, 2.05) is 13.0 Å². The zero-order valence-corrected chi connectivity index (χ0v) is 14.2. The molecule has 0 radical (unpaired) electrons. The second-order valence-electron chi connectivity index (χ2n) is 5.91. The normalized spacial score (nSPS) is 37.6. The summed E-state index contributed by atoms with van der Waals surface area (Å²) in [5, 5.41) is 13.7. The summed E-state index contributed by atoms with van der Waals surface area (Å²) in [7, 11) is 1.25. The molecule has 0 saturated heterocycles. The third-order valence-electron chi connectivity index (χ3n) is 4.58. The van der Waals surface area contributed by atoms with Crippen LogP contribution in [0.1, 0.15) is 13.3 Å². The number of hydrogen-bond donors (Lipinski definition) is 2. The van der Waals surface area contributed by atoms with Gasteiger partial charge in [-0.1, -0.05) is 29.8 Å². The van der Waals surface area contributed by atoms with Crippen molar-refractivity contribution in [1.29, 1.82) is 0 Å². The number of methoxy groups -OCH3 is 1. The minimum Gasteiger partial charge on any atom is -0.453 e. The number of ether oxygens (including phenoxy) is 1. The molecule has 2 aliphatic carbocycles. The highest BCUT2D eigenvalue weighted by Gasteiger charge is 2.62. The van der Waals surface area contributed by atoms with E-state index in [0.717, 1.165) is 0 Å². The van der Waals surface area contributed by atoms with E-state index in [9.17, 15) is 14.7 Å². The molecule has 0 unspecified atom stereocenters. The molecule has 1 saturated carbocycles. The van der Waals surface area contributed by atoms with Gasteiger partial charge in [0.1, 0.15) is 6.04 Å². The van der Waals surface area contributed by atoms with Crippen LogP contribution in [0.5, 0.6) is 0 Å². The van der Waals surface area contributed by atoms with Gasteiger partial charge in [0.05, 0.1) is 18.3 Å². The Bertz CT molecular complexity index is 778. The zero-order valence-electron chi connectivity index (χ0n) is 13.4. The molecule has 0 aromatic heterocycles. The van der Waals surface area contributed by atoms with Crippen molar-refractivity contribution in [2.24, 2.45) is 5.92 Å². The molecule has 1 heterocycles. The lowest BCUT2D eigenvalue weighted by Crippen LogP contribution is -2.65. The summed E-state index contributed by atoms with van der Waals surface area (Å²) in [6.07, 6.45) is 4.25. The van der Waals surface area contributed by atoms with Gasteiger partial charge in [-0.15, -0.1) is 11.8 Å². The number of amides is 1. The fraction of sp³-hybridized carbons (Fsp3) is 0.444. The highest BCUT2D eigenvalue weighted by molar-refractivity contribution is 8.01. The highest BCUT2D eigenvalue weighted by Crippen LogP contribution is 2.55. The minimum atomic E-state index is -1.54. The maximum atomic E-state index is 12.8. The van der Waals surface area contributed by atoms with Gasteiger partial charge >= 0.3 is 6.09 Å². The molecule has 3 rings (SSSR count). The third kappa shape index (κ3) is 2.43. The summed E-state index contributed by atoms with van der Waals surface area (Å²) in [4.78, 5) is 24.6. The number of ketones is 1. The number of thioether (sulfide) groups is 1. The summed E-state index contributed by atoms with van der Waals surface area (Å²) in [6, 6.07) is -0.821. The van der Waals surface area contributed by atoms with Gasteiger partial charge in [-0.25, -0.2) is 4.79 Å². The van der Waals surface area contributed by atoms with Crippen LogP contribution in [0.15, 0.2) is 23.8 Å². The first-order valence-electron chi connectivity index (χ1n) is 7.57. The molecule has 124 valence electrons. The molecule has 24 heavy (non-hydrogen) atoms. The first-order chi connectivity index (χ1) is 11.4. The molecule has 0 aromatic carbocycles. The lowest BCUT2D eigenvalue weighted by molar-refractivity contribution is -0.126. The molecule has 2 bridgehead atoms. The molecule has 1 aliphatic heterocycles. The molecular formula is C18H17NO4S. The summed E-state index contributed by atoms with van der Waals surface area (Å²) < 4.78 is 3.82. The Kier molecular flexibility index (Phi) is 4.21. The number of alkyl carbamates (subject to hydrolysis) is 1. The minimum absolute atomic E-state index is 0.170. The average molecular weight is 343 g/mol. The topological polar surface area (TPSA) is 75.6 Å². The van der Waals surface area contributed by atoms with Crippen LogP contribution in [0, 0.1) is 29.6 Å². The molecule has 3 aliphatic rings. The summed E-state index contributed by atoms with van der Waals surface area (Å²) in [5.74, 6) is 11.7. The van der Waals surface area contributed by atoms with E-state index in [1.54, 1.807) is 12.2 Å². The Morgan fingerprint density at radius 1 is 1.46 bits per heavy atom. The number of Topliss-reactive ketones (excluding diaryl/α,β-unsaturated/α-hetero) is 1. The van der Waals surface area contributed by atoms with Crippen LogP contribution in [0.25, 0.3) is 0 Å². The van der Waals surface area contributed by atoms with E-state index in [0.29, 0.717) is 11.3 Å². The number of aliphatic hydroxyl groups is 1. The van der Waals surface area contributed by atoms with Gasteiger partial charge in [-0.05, 0) is 24.6 Å². The van der Waals surface area contributed by atoms with Crippen molar-refractivity contribution >= 4 is 23.6 Å². The van der Waals surface area contributed by atoms with E-state index in [1.165, 1.54) is 18.9 Å². The standard InChI is InChI=1S/C18H17NO4S/c1-12-7-5-3-4-6-9-17(22)11-13(20)15(19-16(21)23-2)18(12)14(17)8-10-24-18/h3-4,8,12,15,22H,10-11H2,1-2H3,(H,19,21)/b4-3-/t12-,15-,17-,18-/m0/s1. The van der Waals surface area contributed by atoms with Gasteiger partial charge in [-0.2, -0.15) is 0 Å². The summed E-state index contributed by atoms with van der Waals surface area (Å²) in [6.45, 7) is 1.90. The van der Waals surface area contributed by atoms with Crippen LogP contribution in [0.4, 0.5) is 4.79 Å². The van der Waals surface area contributed by atoms with E-state index in [4.69, 9.17) is 0 Å². The van der Waals surface area contributed by atoms with Crippen molar-refractivity contribution in [2.45, 2.75) is 29.7 Å². The summed E-state index contributed by atoms with van der Waals surface area (Å²) in [5.41, 5.74) is -0.877. The van der Waals surface area contributed by atoms with Gasteiger partial charge in [0, 0.05) is 11.7 Å². The second kappa shape index (κ2) is 6.05. The maximum absolute atomic E-state index is 12.8. The predicted molar refractivity (Wildman–Crippen MR) is 91.0 cm³/mol. The first-order valence-corrected chi connectivity index (χ1v) is 8.56. The Hall–Kier alpha value is -2.15. The van der Waals surface area contributed by atoms with Crippen LogP contribution in [0.2, 0.25) is 0 Å². The van der Waals surface area contributed by atoms with E-state index in [-0.39, 0.29) is 18.1 Å². The number of hydrogen-bond acceptors (Lipinski definition) is 5. The van der Waals surface area contributed by atoms with Crippen LogP contribution < -0.4 is 5.32 Å². The van der Waals surface area contributed by atoms with E-state index < -0.39 is 22.5 Å². The molecule has 5 nitrogen and oxygen atoms in total. The number of allylic oxidation sites excluding steroid dienone is 2. The molecule has 0 spiro atoms. The third-order valence-corrected chi connectivity index (χ3v) is 6.20. The Labute approximate surface area is 144 Å². The number of carbonyl (C=O) groups excluding carboxylic acids is 2. The second-order valence-corrected chi connectivity index (χ2v) is 7.20. The van der Waals surface area contributed by atoms with Crippen molar-refractivity contribution in [3.05, 3.63) is 23.8 Å². The summed E-state index contributed by atoms with van der Waals surface area (Å²) >= 11 is 1.50. The molecule has 1 fully saturated rings. The van der Waals surface area contributed by atoms with Gasteiger partial charge < -0.3 is 15.2 Å². The molecule has 0 aromatic rings. The number of nitrogens with one attached hydrogen (secondary N) is 1. The molecule has 1 amide bonds. The SMILES string of the molecule is COC(=O)N[C@H]1C(=O)C[C@@]2(O)C#C/C=C\C#C[C@H](C)[C@@]13SCC=C32. The maximum Gasteiger partial charge on any atom is 0.407 e. The van der Waals surface area contributed by atoms with Crippen molar-refractivity contribution in [3.8, 4) is 23.7 Å². The molecule has 4 atom stereocenters. The van der Waals surface area contributed by atoms with Crippen LogP contribution in [-0.2, 0) is 9.53 Å². The van der Waals surface area contributed by atoms with Crippen molar-refractivity contribution < 1.29 is 19.4 Å². The van der Waals surface area contributed by atoms with Crippen molar-refractivity contribution in [2.75, 3.05) is 12.9 Å². The Balaban J connectivity index is 2.19. The first kappa shape index (κ1) is 16.7. The van der Waals surface area contributed by atoms with Gasteiger partial charge in [-0.3, -0.25) is 4.79 Å². The smallest absolute Gasteiger partial charge is 0.407 e.